The molecule has 1 amide bonds. The smallest absolute Gasteiger partial charge is 0.230 e. The van der Waals surface area contributed by atoms with Crippen molar-refractivity contribution in [1.82, 2.24) is 10.3 Å². The third-order valence-corrected chi connectivity index (χ3v) is 2.91. The number of aromatic nitrogens is 1. The Morgan fingerprint density at radius 1 is 1.81 bits per heavy atom. The van der Waals surface area contributed by atoms with E-state index in [-0.39, 0.29) is 11.7 Å². The maximum Gasteiger partial charge on any atom is 0.230 e. The molecule has 0 aliphatic rings. The van der Waals surface area contributed by atoms with E-state index in [4.69, 9.17) is 10.9 Å². The predicted octanol–water partition coefficient (Wildman–Crippen LogP) is 0.184. The minimum atomic E-state index is -0.624. The summed E-state index contributed by atoms with van der Waals surface area (Å²) in [6.45, 7) is 2.07. The number of hydrogen-bond acceptors (Lipinski definition) is 5. The van der Waals surface area contributed by atoms with Gasteiger partial charge in [-0.1, -0.05) is 5.16 Å². The zero-order valence-corrected chi connectivity index (χ0v) is 9.70. The lowest BCUT2D eigenvalue weighted by Gasteiger charge is -2.09. The summed E-state index contributed by atoms with van der Waals surface area (Å²) in [5.41, 5.74) is 5.31. The van der Waals surface area contributed by atoms with Crippen LogP contribution in [0.5, 0.6) is 0 Å². The van der Waals surface area contributed by atoms with Gasteiger partial charge in [-0.25, -0.2) is 4.98 Å². The first-order valence-corrected chi connectivity index (χ1v) is 5.66. The quantitative estimate of drug-likeness (QED) is 0.297. The number of amidine groups is 1. The Bertz CT molecular complexity index is 364. The van der Waals surface area contributed by atoms with Crippen molar-refractivity contribution in [1.29, 1.82) is 0 Å². The Hall–Kier alpha value is -1.63. The fourth-order valence-corrected chi connectivity index (χ4v) is 1.66. The molecule has 1 unspecified atom stereocenters. The van der Waals surface area contributed by atoms with Crippen LogP contribution in [0.3, 0.4) is 0 Å². The van der Waals surface area contributed by atoms with Crippen molar-refractivity contribution in [2.24, 2.45) is 16.8 Å². The molecule has 0 spiro atoms. The average molecular weight is 242 g/mol. The number of oxime groups is 1. The van der Waals surface area contributed by atoms with Crippen LogP contribution < -0.4 is 11.1 Å². The zero-order valence-electron chi connectivity index (χ0n) is 8.88. The Labute approximate surface area is 97.2 Å². The summed E-state index contributed by atoms with van der Waals surface area (Å²) in [6.07, 6.45) is 2.41. The second kappa shape index (κ2) is 6.06. The second-order valence-corrected chi connectivity index (χ2v) is 4.19. The summed E-state index contributed by atoms with van der Waals surface area (Å²) >= 11 is 1.54. The molecule has 1 aromatic heterocycles. The van der Waals surface area contributed by atoms with Crippen LogP contribution in [0.1, 0.15) is 11.9 Å². The van der Waals surface area contributed by atoms with Crippen molar-refractivity contribution >= 4 is 23.1 Å². The van der Waals surface area contributed by atoms with Crippen LogP contribution in [0.25, 0.3) is 0 Å². The van der Waals surface area contributed by atoms with Gasteiger partial charge in [0.1, 0.15) is 0 Å². The van der Waals surface area contributed by atoms with Gasteiger partial charge < -0.3 is 16.3 Å². The number of nitrogens with one attached hydrogen (secondary N) is 1. The van der Waals surface area contributed by atoms with Crippen LogP contribution in [-0.2, 0) is 11.2 Å². The minimum absolute atomic E-state index is 0.0910. The Morgan fingerprint density at radius 3 is 3.12 bits per heavy atom. The van der Waals surface area contributed by atoms with Crippen LogP contribution >= 0.6 is 11.3 Å². The first kappa shape index (κ1) is 12.4. The molecule has 0 saturated carbocycles. The van der Waals surface area contributed by atoms with Gasteiger partial charge in [0.15, 0.2) is 5.84 Å². The van der Waals surface area contributed by atoms with Gasteiger partial charge in [0, 0.05) is 24.5 Å². The molecule has 4 N–H and O–H groups in total. The van der Waals surface area contributed by atoms with Gasteiger partial charge in [0.05, 0.1) is 10.9 Å². The summed E-state index contributed by atoms with van der Waals surface area (Å²) in [5, 5.41) is 16.7. The number of nitrogens with two attached hydrogens (primary N) is 1. The number of hydrogen-bond donors (Lipinski definition) is 3. The standard InChI is InChI=1S/C9H14N4O2S/c1-6(8(10)13-15)9(14)12-3-2-7-11-4-5-16-7/h4-6,15H,2-3H2,1H3,(H2,10,13)(H,12,14). The first-order valence-electron chi connectivity index (χ1n) is 4.78. The summed E-state index contributed by atoms with van der Waals surface area (Å²) in [7, 11) is 0. The summed E-state index contributed by atoms with van der Waals surface area (Å²) < 4.78 is 0. The van der Waals surface area contributed by atoms with E-state index in [1.165, 1.54) is 0 Å². The van der Waals surface area contributed by atoms with Gasteiger partial charge in [-0.3, -0.25) is 4.79 Å². The highest BCUT2D eigenvalue weighted by Crippen LogP contribution is 2.03. The summed E-state index contributed by atoms with van der Waals surface area (Å²) in [6, 6.07) is 0. The van der Waals surface area contributed by atoms with Crippen LogP contribution in [-0.4, -0.2) is 28.5 Å². The van der Waals surface area contributed by atoms with Crippen LogP contribution in [0, 0.1) is 5.92 Å². The number of nitrogens with zero attached hydrogens (tertiary/aromatic N) is 2. The van der Waals surface area contributed by atoms with E-state index in [0.29, 0.717) is 13.0 Å². The highest BCUT2D eigenvalue weighted by Gasteiger charge is 2.16. The van der Waals surface area contributed by atoms with Crippen LogP contribution in [0.4, 0.5) is 0 Å². The molecule has 0 aliphatic heterocycles. The molecule has 7 heteroatoms. The molecule has 88 valence electrons. The molecule has 16 heavy (non-hydrogen) atoms. The van der Waals surface area contributed by atoms with E-state index in [9.17, 15) is 4.79 Å². The molecule has 1 heterocycles. The molecule has 0 saturated heterocycles. The van der Waals surface area contributed by atoms with Crippen molar-refractivity contribution in [2.45, 2.75) is 13.3 Å². The van der Waals surface area contributed by atoms with Gasteiger partial charge in [-0.15, -0.1) is 11.3 Å². The fraction of sp³-hybridized carbons (Fsp3) is 0.444. The van der Waals surface area contributed by atoms with Gasteiger partial charge in [-0.2, -0.15) is 0 Å². The highest BCUT2D eigenvalue weighted by atomic mass is 32.1. The van der Waals surface area contributed by atoms with E-state index in [2.05, 4.69) is 15.5 Å². The molecule has 1 aromatic rings. The minimum Gasteiger partial charge on any atom is -0.409 e. The van der Waals surface area contributed by atoms with E-state index in [0.717, 1.165) is 5.01 Å². The molecule has 1 atom stereocenters. The number of thiazole rings is 1. The van der Waals surface area contributed by atoms with Gasteiger partial charge in [0.2, 0.25) is 5.91 Å². The molecule has 0 bridgehead atoms. The van der Waals surface area contributed by atoms with Crippen LogP contribution in [0.15, 0.2) is 16.7 Å². The van der Waals surface area contributed by atoms with E-state index < -0.39 is 5.92 Å². The molecule has 0 aliphatic carbocycles. The fourth-order valence-electron chi connectivity index (χ4n) is 1.04. The summed E-state index contributed by atoms with van der Waals surface area (Å²) in [4.78, 5) is 15.6. The Kier molecular flexibility index (Phi) is 4.71. The van der Waals surface area contributed by atoms with Crippen LogP contribution in [0.2, 0.25) is 0 Å². The van der Waals surface area contributed by atoms with Crippen molar-refractivity contribution in [3.63, 3.8) is 0 Å². The zero-order chi connectivity index (χ0) is 12.0. The molecule has 0 fully saturated rings. The highest BCUT2D eigenvalue weighted by molar-refractivity contribution is 7.09. The summed E-state index contributed by atoms with van der Waals surface area (Å²) in [5.74, 6) is -0.972. The molecule has 1 rings (SSSR count). The number of amides is 1. The van der Waals surface area contributed by atoms with Crippen molar-refractivity contribution in [3.8, 4) is 0 Å². The number of rotatable bonds is 5. The third-order valence-electron chi connectivity index (χ3n) is 2.07. The molecule has 0 aromatic carbocycles. The van der Waals surface area contributed by atoms with E-state index in [1.54, 1.807) is 24.5 Å². The normalized spacial score (nSPS) is 13.4. The molecule has 0 radical (unpaired) electrons. The molecular formula is C9H14N4O2S. The van der Waals surface area contributed by atoms with Crippen molar-refractivity contribution in [3.05, 3.63) is 16.6 Å². The van der Waals surface area contributed by atoms with E-state index >= 15 is 0 Å². The third kappa shape index (κ3) is 3.50. The van der Waals surface area contributed by atoms with E-state index in [1.807, 2.05) is 5.38 Å². The molecule has 6 nitrogen and oxygen atoms in total. The lowest BCUT2D eigenvalue weighted by molar-refractivity contribution is -0.122. The maximum absolute atomic E-state index is 11.5. The second-order valence-electron chi connectivity index (χ2n) is 3.21. The lowest BCUT2D eigenvalue weighted by Crippen LogP contribution is -2.38. The Balaban J connectivity index is 2.30. The molecular weight excluding hydrogens is 228 g/mol. The lowest BCUT2D eigenvalue weighted by atomic mass is 10.1. The predicted molar refractivity (Wildman–Crippen MR) is 61.4 cm³/mol. The average Bonchev–Trinajstić information content (AvgIpc) is 2.79. The number of carbonyl (C=O) groups is 1. The Morgan fingerprint density at radius 2 is 2.56 bits per heavy atom. The van der Waals surface area contributed by atoms with Gasteiger partial charge in [-0.05, 0) is 6.92 Å². The van der Waals surface area contributed by atoms with Crippen molar-refractivity contribution < 1.29 is 10.0 Å². The monoisotopic (exact) mass is 242 g/mol. The van der Waals surface area contributed by atoms with Gasteiger partial charge in [0.25, 0.3) is 0 Å². The maximum atomic E-state index is 11.5. The number of carbonyl (C=O) groups excluding carboxylic acids is 1. The van der Waals surface area contributed by atoms with Gasteiger partial charge >= 0.3 is 0 Å². The largest absolute Gasteiger partial charge is 0.409 e. The topological polar surface area (TPSA) is 101 Å². The van der Waals surface area contributed by atoms with Crippen molar-refractivity contribution in [2.75, 3.05) is 6.54 Å². The SMILES string of the molecule is CC(C(=O)NCCc1nccs1)C(N)=NO. The first-order chi connectivity index (χ1) is 7.65.